The van der Waals surface area contributed by atoms with Gasteiger partial charge in [-0.25, -0.2) is 0 Å². The Morgan fingerprint density at radius 3 is 2.20 bits per heavy atom. The minimum absolute atomic E-state index is 0.527. The van der Waals surface area contributed by atoms with E-state index in [9.17, 15) is 0 Å². The van der Waals surface area contributed by atoms with Gasteiger partial charge >= 0.3 is 0 Å². The summed E-state index contributed by atoms with van der Waals surface area (Å²) in [5.41, 5.74) is 3.64. The highest BCUT2D eigenvalue weighted by atomic mass is 14.7. The summed E-state index contributed by atoms with van der Waals surface area (Å²) in [6, 6.07) is 0. The molecule has 5 atom stereocenters. The summed E-state index contributed by atoms with van der Waals surface area (Å²) >= 11 is 0. The zero-order valence-electron chi connectivity index (χ0n) is 14.1. The third kappa shape index (κ3) is 1.35. The lowest BCUT2D eigenvalue weighted by atomic mass is 9.67. The Labute approximate surface area is 125 Å². The molecule has 0 amide bonds. The van der Waals surface area contributed by atoms with Crippen molar-refractivity contribution < 1.29 is 0 Å². The molecule has 4 aliphatic carbocycles. The second kappa shape index (κ2) is 3.73. The number of hydrogen-bond donors (Lipinski definition) is 0. The second-order valence-electron chi connectivity index (χ2n) is 9.64. The first-order chi connectivity index (χ1) is 9.31. The maximum atomic E-state index is 2.82. The summed E-state index contributed by atoms with van der Waals surface area (Å²) in [4.78, 5) is 0. The summed E-state index contributed by atoms with van der Waals surface area (Å²) in [6.07, 6.45) is 11.6. The van der Waals surface area contributed by atoms with Gasteiger partial charge in [0.1, 0.15) is 0 Å². The van der Waals surface area contributed by atoms with Gasteiger partial charge in [0.2, 0.25) is 0 Å². The topological polar surface area (TPSA) is 0 Å². The summed E-state index contributed by atoms with van der Waals surface area (Å²) in [7, 11) is 0. The van der Waals surface area contributed by atoms with E-state index >= 15 is 0 Å². The van der Waals surface area contributed by atoms with Gasteiger partial charge in [0, 0.05) is 0 Å². The Morgan fingerprint density at radius 1 is 0.900 bits per heavy atom. The molecule has 0 nitrogen and oxygen atoms in total. The van der Waals surface area contributed by atoms with Crippen LogP contribution in [0, 0.1) is 39.9 Å². The van der Waals surface area contributed by atoms with E-state index in [2.05, 4.69) is 40.7 Å². The molecule has 112 valence electrons. The molecule has 0 radical (unpaired) electrons. The zero-order chi connectivity index (χ0) is 14.3. The Morgan fingerprint density at radius 2 is 1.55 bits per heavy atom. The number of fused-ring (bicyclic) bond motifs is 4. The smallest absolute Gasteiger partial charge is 0.00336 e. The molecule has 3 fully saturated rings. The van der Waals surface area contributed by atoms with Crippen molar-refractivity contribution in [3.8, 4) is 0 Å². The van der Waals surface area contributed by atoms with Crippen LogP contribution in [-0.4, -0.2) is 0 Å². The lowest BCUT2D eigenvalue weighted by Crippen LogP contribution is -2.31. The quantitative estimate of drug-likeness (QED) is 0.487. The van der Waals surface area contributed by atoms with Crippen LogP contribution < -0.4 is 0 Å². The summed E-state index contributed by atoms with van der Waals surface area (Å²) in [6.45, 7) is 12.8. The van der Waals surface area contributed by atoms with Crippen molar-refractivity contribution in [1.29, 1.82) is 0 Å². The Balaban J connectivity index is 1.81. The Kier molecular flexibility index (Phi) is 2.50. The van der Waals surface area contributed by atoms with Crippen LogP contribution in [-0.2, 0) is 0 Å². The lowest BCUT2D eigenvalue weighted by molar-refractivity contribution is 0.145. The normalized spacial score (nSPS) is 56.1. The van der Waals surface area contributed by atoms with E-state index in [1.807, 2.05) is 5.57 Å². The third-order valence-electron chi connectivity index (χ3n) is 8.35. The van der Waals surface area contributed by atoms with Crippen molar-refractivity contribution in [1.82, 2.24) is 0 Å². The molecule has 1 spiro atoms. The summed E-state index contributed by atoms with van der Waals surface area (Å²) in [5.74, 6) is 3.73. The zero-order valence-corrected chi connectivity index (χ0v) is 14.1. The van der Waals surface area contributed by atoms with Crippen LogP contribution in [0.1, 0.15) is 73.1 Å². The van der Waals surface area contributed by atoms with Gasteiger partial charge in [-0.2, -0.15) is 0 Å². The number of allylic oxidation sites excluding steroid dienone is 2. The number of rotatable bonds is 0. The van der Waals surface area contributed by atoms with Crippen LogP contribution in [0.2, 0.25) is 0 Å². The predicted molar refractivity (Wildman–Crippen MR) is 85.4 cm³/mol. The van der Waals surface area contributed by atoms with Crippen molar-refractivity contribution in [3.05, 3.63) is 11.6 Å². The van der Waals surface area contributed by atoms with Crippen molar-refractivity contribution in [3.63, 3.8) is 0 Å². The molecule has 20 heavy (non-hydrogen) atoms. The van der Waals surface area contributed by atoms with E-state index in [0.29, 0.717) is 16.2 Å². The van der Waals surface area contributed by atoms with Gasteiger partial charge in [0.15, 0.2) is 0 Å². The Hall–Kier alpha value is -0.260. The fraction of sp³-hybridized carbons (Fsp3) is 0.900. The first-order valence-electron chi connectivity index (χ1n) is 9.04. The van der Waals surface area contributed by atoms with Gasteiger partial charge in [-0.15, -0.1) is 0 Å². The maximum absolute atomic E-state index is 2.82. The van der Waals surface area contributed by atoms with Crippen LogP contribution in [0.5, 0.6) is 0 Å². The average molecular weight is 272 g/mol. The molecule has 3 saturated carbocycles. The van der Waals surface area contributed by atoms with Gasteiger partial charge in [0.25, 0.3) is 0 Å². The average Bonchev–Trinajstić information content (AvgIpc) is 3.00. The molecular formula is C20H32. The molecule has 0 bridgehead atoms. The molecule has 0 aromatic rings. The van der Waals surface area contributed by atoms with Crippen molar-refractivity contribution >= 4 is 0 Å². The molecule has 0 heteroatoms. The van der Waals surface area contributed by atoms with Crippen LogP contribution in [0.25, 0.3) is 0 Å². The highest BCUT2D eigenvalue weighted by Gasteiger charge is 2.64. The standard InChI is InChI=1S/C20H32/c1-13-6-7-14(2)20(13)9-8-15-16(20)12-19(5)11-10-18(3,4)17(15)19/h12-15,17H,6-11H2,1-5H3. The van der Waals surface area contributed by atoms with Crippen LogP contribution >= 0.6 is 0 Å². The van der Waals surface area contributed by atoms with Gasteiger partial charge in [0.05, 0.1) is 0 Å². The van der Waals surface area contributed by atoms with Gasteiger partial charge in [-0.05, 0) is 78.4 Å². The lowest BCUT2D eigenvalue weighted by Gasteiger charge is -2.37. The van der Waals surface area contributed by atoms with E-state index in [4.69, 9.17) is 0 Å². The minimum atomic E-state index is 0.527. The molecule has 0 aliphatic heterocycles. The second-order valence-corrected chi connectivity index (χ2v) is 9.64. The number of hydrogen-bond acceptors (Lipinski definition) is 0. The maximum Gasteiger partial charge on any atom is -0.00336 e. The highest BCUT2D eigenvalue weighted by molar-refractivity contribution is 5.37. The Bertz CT molecular complexity index is 458. The van der Waals surface area contributed by atoms with E-state index in [-0.39, 0.29) is 0 Å². The van der Waals surface area contributed by atoms with Crippen molar-refractivity contribution in [2.75, 3.05) is 0 Å². The fourth-order valence-electron chi connectivity index (χ4n) is 7.51. The molecular weight excluding hydrogens is 240 g/mol. The van der Waals surface area contributed by atoms with Crippen molar-refractivity contribution in [2.45, 2.75) is 73.1 Å². The molecule has 0 aromatic heterocycles. The van der Waals surface area contributed by atoms with Gasteiger partial charge in [-0.3, -0.25) is 0 Å². The monoisotopic (exact) mass is 272 g/mol. The van der Waals surface area contributed by atoms with Crippen molar-refractivity contribution in [2.24, 2.45) is 39.9 Å². The molecule has 0 saturated heterocycles. The first kappa shape index (κ1) is 13.4. The third-order valence-corrected chi connectivity index (χ3v) is 8.35. The SMILES string of the molecule is CC1CCC(C)C12CCC1C2=CC2(C)CCC(C)(C)C12. The van der Waals surface area contributed by atoms with Crippen LogP contribution in [0.3, 0.4) is 0 Å². The fourth-order valence-corrected chi connectivity index (χ4v) is 7.51. The van der Waals surface area contributed by atoms with Crippen LogP contribution in [0.4, 0.5) is 0 Å². The predicted octanol–water partition coefficient (Wildman–Crippen LogP) is 5.83. The van der Waals surface area contributed by atoms with E-state index in [0.717, 1.165) is 23.7 Å². The van der Waals surface area contributed by atoms with Gasteiger partial charge < -0.3 is 0 Å². The molecule has 5 unspecified atom stereocenters. The highest BCUT2D eigenvalue weighted by Crippen LogP contribution is 2.73. The molecule has 4 aliphatic rings. The molecule has 0 aromatic carbocycles. The first-order valence-corrected chi connectivity index (χ1v) is 9.04. The molecule has 0 heterocycles. The minimum Gasteiger partial charge on any atom is -0.0782 e. The summed E-state index contributed by atoms with van der Waals surface area (Å²) in [5, 5.41) is 0. The molecule has 4 rings (SSSR count). The van der Waals surface area contributed by atoms with E-state index < -0.39 is 0 Å². The van der Waals surface area contributed by atoms with Gasteiger partial charge in [-0.1, -0.05) is 46.3 Å². The summed E-state index contributed by atoms with van der Waals surface area (Å²) < 4.78 is 0. The van der Waals surface area contributed by atoms with E-state index in [1.54, 1.807) is 0 Å². The van der Waals surface area contributed by atoms with E-state index in [1.165, 1.54) is 38.5 Å². The van der Waals surface area contributed by atoms with Crippen LogP contribution in [0.15, 0.2) is 11.6 Å². The molecule has 0 N–H and O–H groups in total. The largest absolute Gasteiger partial charge is 0.0782 e.